The number of rotatable bonds is 4. The third-order valence-electron chi connectivity index (χ3n) is 3.12. The molecule has 0 saturated heterocycles. The summed E-state index contributed by atoms with van der Waals surface area (Å²) in [6, 6.07) is 16.5. The van der Waals surface area contributed by atoms with E-state index < -0.39 is 6.09 Å². The molecule has 2 aromatic carbocycles. The van der Waals surface area contributed by atoms with Crippen molar-refractivity contribution < 1.29 is 9.53 Å². The number of nitrogens with one attached hydrogen (secondary N) is 1. The number of benzene rings is 2. The zero-order valence-electron chi connectivity index (χ0n) is 13.1. The van der Waals surface area contributed by atoms with Crippen LogP contribution in [0.5, 0.6) is 0 Å². The molecule has 0 aliphatic rings. The van der Waals surface area contributed by atoms with Crippen molar-refractivity contribution in [1.82, 2.24) is 5.32 Å². The molecule has 1 amide bonds. The quantitative estimate of drug-likeness (QED) is 0.515. The molecule has 0 aliphatic carbocycles. The van der Waals surface area contributed by atoms with E-state index in [9.17, 15) is 4.79 Å². The van der Waals surface area contributed by atoms with Crippen molar-refractivity contribution in [3.05, 3.63) is 65.2 Å². The van der Waals surface area contributed by atoms with Crippen LogP contribution in [-0.4, -0.2) is 12.6 Å². The first-order chi connectivity index (χ1) is 11.7. The van der Waals surface area contributed by atoms with Crippen LogP contribution in [0.3, 0.4) is 0 Å². The van der Waals surface area contributed by atoms with Crippen LogP contribution in [-0.2, 0) is 11.3 Å². The van der Waals surface area contributed by atoms with Crippen molar-refractivity contribution in [2.24, 2.45) is 0 Å². The van der Waals surface area contributed by atoms with Crippen LogP contribution < -0.4 is 11.1 Å². The van der Waals surface area contributed by atoms with E-state index in [1.807, 2.05) is 30.3 Å². The van der Waals surface area contributed by atoms with Crippen molar-refractivity contribution >= 4 is 11.8 Å². The highest BCUT2D eigenvalue weighted by Crippen LogP contribution is 2.11. The van der Waals surface area contributed by atoms with Gasteiger partial charge in [0.25, 0.3) is 0 Å². The lowest BCUT2D eigenvalue weighted by Crippen LogP contribution is -2.24. The maximum atomic E-state index is 11.6. The highest BCUT2D eigenvalue weighted by Gasteiger charge is 2.01. The average molecular weight is 319 g/mol. The van der Waals surface area contributed by atoms with E-state index in [4.69, 9.17) is 15.7 Å². The van der Waals surface area contributed by atoms with Gasteiger partial charge in [0, 0.05) is 24.2 Å². The molecule has 0 bridgehead atoms. The van der Waals surface area contributed by atoms with Gasteiger partial charge in [-0.2, -0.15) is 5.26 Å². The van der Waals surface area contributed by atoms with Gasteiger partial charge in [0.05, 0.1) is 5.56 Å². The number of carbonyl (C=O) groups excluding carboxylic acids is 1. The monoisotopic (exact) mass is 319 g/mol. The second-order valence-corrected chi connectivity index (χ2v) is 4.96. The first-order valence-corrected chi connectivity index (χ1v) is 7.42. The van der Waals surface area contributed by atoms with E-state index in [1.165, 1.54) is 0 Å². The summed E-state index contributed by atoms with van der Waals surface area (Å²) in [5.74, 6) is 5.80. The Hall–Kier alpha value is -3.44. The number of nitrogen functional groups attached to an aromatic ring is 1. The van der Waals surface area contributed by atoms with Gasteiger partial charge in [-0.05, 0) is 23.8 Å². The van der Waals surface area contributed by atoms with Crippen LogP contribution in [0.15, 0.2) is 48.5 Å². The molecule has 0 spiro atoms. The number of anilines is 1. The zero-order valence-corrected chi connectivity index (χ0v) is 13.1. The van der Waals surface area contributed by atoms with E-state index in [0.29, 0.717) is 29.8 Å². The normalized spacial score (nSPS) is 9.29. The minimum Gasteiger partial charge on any atom is -0.445 e. The van der Waals surface area contributed by atoms with E-state index in [0.717, 1.165) is 5.56 Å². The molecule has 0 radical (unpaired) electrons. The average Bonchev–Trinajstić information content (AvgIpc) is 2.61. The fourth-order valence-corrected chi connectivity index (χ4v) is 1.92. The molecule has 0 aromatic heterocycles. The van der Waals surface area contributed by atoms with Gasteiger partial charge in [0.2, 0.25) is 0 Å². The van der Waals surface area contributed by atoms with Crippen LogP contribution >= 0.6 is 0 Å². The zero-order chi connectivity index (χ0) is 17.2. The minimum atomic E-state index is -0.484. The van der Waals surface area contributed by atoms with Crippen LogP contribution in [0.2, 0.25) is 0 Å². The Morgan fingerprint density at radius 2 is 1.96 bits per heavy atom. The molecule has 2 rings (SSSR count). The Morgan fingerprint density at radius 1 is 1.17 bits per heavy atom. The van der Waals surface area contributed by atoms with Crippen LogP contribution in [0.25, 0.3) is 0 Å². The third kappa shape index (κ3) is 5.40. The molecular weight excluding hydrogens is 302 g/mol. The predicted octanol–water partition coefficient (Wildman–Crippen LogP) is 2.81. The van der Waals surface area contributed by atoms with Gasteiger partial charge in [-0.25, -0.2) is 4.79 Å². The number of alkyl carbamates (subject to hydrolysis) is 1. The Bertz CT molecular complexity index is 799. The highest BCUT2D eigenvalue weighted by molar-refractivity contribution is 5.67. The van der Waals surface area contributed by atoms with Gasteiger partial charge < -0.3 is 15.8 Å². The molecule has 0 unspecified atom stereocenters. The summed E-state index contributed by atoms with van der Waals surface area (Å²) in [5.41, 5.74) is 8.23. The smallest absolute Gasteiger partial charge is 0.407 e. The first-order valence-electron chi connectivity index (χ1n) is 7.42. The Labute approximate surface area is 141 Å². The molecule has 0 fully saturated rings. The van der Waals surface area contributed by atoms with Gasteiger partial charge in [-0.15, -0.1) is 0 Å². The number of amides is 1. The van der Waals surface area contributed by atoms with Gasteiger partial charge in [0.1, 0.15) is 12.7 Å². The maximum absolute atomic E-state index is 11.6. The van der Waals surface area contributed by atoms with Crippen molar-refractivity contribution in [3.8, 4) is 17.9 Å². The fourth-order valence-electron chi connectivity index (χ4n) is 1.92. The molecule has 0 heterocycles. The number of nitrogens with two attached hydrogens (primary N) is 1. The lowest BCUT2D eigenvalue weighted by molar-refractivity contribution is 0.140. The Balaban J connectivity index is 1.75. The molecular formula is C19H17N3O2. The molecule has 120 valence electrons. The summed E-state index contributed by atoms with van der Waals surface area (Å²) in [6.45, 7) is 0.595. The number of ether oxygens (including phenoxy) is 1. The van der Waals surface area contributed by atoms with Crippen molar-refractivity contribution in [3.63, 3.8) is 0 Å². The number of hydrogen-bond donors (Lipinski definition) is 2. The standard InChI is InChI=1S/C19H17N3O2/c20-13-17-9-10-18(21)12-16(17)8-4-5-11-22-19(23)24-14-15-6-2-1-3-7-15/h1-3,6-7,9-10,12H,5,11,14,21H2,(H,22,23). The largest absolute Gasteiger partial charge is 0.445 e. The maximum Gasteiger partial charge on any atom is 0.407 e. The summed E-state index contributed by atoms with van der Waals surface area (Å²) in [4.78, 5) is 11.6. The van der Waals surface area contributed by atoms with Gasteiger partial charge >= 0.3 is 6.09 Å². The SMILES string of the molecule is N#Cc1ccc(N)cc1C#CCCNC(=O)OCc1ccccc1. The lowest BCUT2D eigenvalue weighted by atomic mass is 10.1. The highest BCUT2D eigenvalue weighted by atomic mass is 16.5. The molecule has 5 heteroatoms. The topological polar surface area (TPSA) is 88.1 Å². The second kappa shape index (κ2) is 8.87. The third-order valence-corrected chi connectivity index (χ3v) is 3.12. The van der Waals surface area contributed by atoms with Crippen molar-refractivity contribution in [2.45, 2.75) is 13.0 Å². The molecule has 5 nitrogen and oxygen atoms in total. The van der Waals surface area contributed by atoms with E-state index in [2.05, 4.69) is 23.2 Å². The molecule has 24 heavy (non-hydrogen) atoms. The fraction of sp³-hybridized carbons (Fsp3) is 0.158. The number of hydrogen-bond acceptors (Lipinski definition) is 4. The summed E-state index contributed by atoms with van der Waals surface area (Å²) in [6.07, 6.45) is -0.0394. The molecule has 0 atom stereocenters. The Kier molecular flexibility index (Phi) is 6.25. The van der Waals surface area contributed by atoms with Crippen LogP contribution in [0, 0.1) is 23.2 Å². The summed E-state index contributed by atoms with van der Waals surface area (Å²) < 4.78 is 5.09. The van der Waals surface area contributed by atoms with Crippen LogP contribution in [0.4, 0.5) is 10.5 Å². The summed E-state index contributed by atoms with van der Waals surface area (Å²) in [5, 5.41) is 11.6. The van der Waals surface area contributed by atoms with E-state index in [1.54, 1.807) is 18.2 Å². The van der Waals surface area contributed by atoms with Gasteiger partial charge in [-0.3, -0.25) is 0 Å². The molecule has 2 aromatic rings. The number of nitriles is 1. The molecule has 3 N–H and O–H groups in total. The predicted molar refractivity (Wildman–Crippen MR) is 91.7 cm³/mol. The van der Waals surface area contributed by atoms with E-state index >= 15 is 0 Å². The van der Waals surface area contributed by atoms with Crippen molar-refractivity contribution in [2.75, 3.05) is 12.3 Å². The number of carbonyl (C=O) groups is 1. The van der Waals surface area contributed by atoms with Gasteiger partial charge in [0.15, 0.2) is 0 Å². The van der Waals surface area contributed by atoms with Gasteiger partial charge in [-0.1, -0.05) is 42.2 Å². The second-order valence-electron chi connectivity index (χ2n) is 4.96. The molecule has 0 aliphatic heterocycles. The Morgan fingerprint density at radius 3 is 2.71 bits per heavy atom. The number of nitrogens with zero attached hydrogens (tertiary/aromatic N) is 1. The van der Waals surface area contributed by atoms with Crippen LogP contribution in [0.1, 0.15) is 23.1 Å². The minimum absolute atomic E-state index is 0.229. The summed E-state index contributed by atoms with van der Waals surface area (Å²) >= 11 is 0. The summed E-state index contributed by atoms with van der Waals surface area (Å²) in [7, 11) is 0. The lowest BCUT2D eigenvalue weighted by Gasteiger charge is -2.05. The van der Waals surface area contributed by atoms with E-state index in [-0.39, 0.29) is 6.61 Å². The molecule has 0 saturated carbocycles. The van der Waals surface area contributed by atoms with Crippen molar-refractivity contribution in [1.29, 1.82) is 5.26 Å². The first kappa shape index (κ1) is 16.9.